The normalized spacial score (nSPS) is 21.5. The van der Waals surface area contributed by atoms with E-state index in [1.165, 1.54) is 0 Å². The molecule has 1 aliphatic heterocycles. The van der Waals surface area contributed by atoms with Gasteiger partial charge in [0.25, 0.3) is 0 Å². The highest BCUT2D eigenvalue weighted by atomic mass is 15.4. The van der Waals surface area contributed by atoms with Gasteiger partial charge in [0.1, 0.15) is 5.82 Å². The predicted molar refractivity (Wildman–Crippen MR) is 48.9 cm³/mol. The monoisotopic (exact) mass is 181 g/mol. The van der Waals surface area contributed by atoms with Crippen molar-refractivity contribution in [3.8, 4) is 0 Å². The second-order valence-electron chi connectivity index (χ2n) is 3.37. The molecule has 0 saturated heterocycles. The Balaban J connectivity index is 2.32. The van der Waals surface area contributed by atoms with Crippen molar-refractivity contribution in [1.29, 1.82) is 0 Å². The minimum Gasteiger partial charge on any atom is -0.328 e. The van der Waals surface area contributed by atoms with Gasteiger partial charge in [-0.05, 0) is 12.8 Å². The summed E-state index contributed by atoms with van der Waals surface area (Å²) >= 11 is 0. The first-order valence-electron chi connectivity index (χ1n) is 4.69. The zero-order valence-corrected chi connectivity index (χ0v) is 7.61. The summed E-state index contributed by atoms with van der Waals surface area (Å²) in [5.74, 6) is 1.78. The molecule has 13 heavy (non-hydrogen) atoms. The predicted octanol–water partition coefficient (Wildman–Crippen LogP) is -0.427. The molecule has 2 heterocycles. The van der Waals surface area contributed by atoms with Crippen LogP contribution in [0.15, 0.2) is 0 Å². The van der Waals surface area contributed by atoms with Crippen LogP contribution in [0, 0.1) is 0 Å². The van der Waals surface area contributed by atoms with Gasteiger partial charge >= 0.3 is 0 Å². The number of hydrogen-bond donors (Lipinski definition) is 2. The summed E-state index contributed by atoms with van der Waals surface area (Å²) < 4.78 is 1.95. The average molecular weight is 181 g/mol. The van der Waals surface area contributed by atoms with E-state index in [1.54, 1.807) is 0 Å². The Morgan fingerprint density at radius 1 is 1.46 bits per heavy atom. The average Bonchev–Trinajstić information content (AvgIpc) is 2.59. The topological polar surface area (TPSA) is 82.8 Å². The van der Waals surface area contributed by atoms with Gasteiger partial charge in [-0.25, -0.2) is 9.67 Å². The molecule has 0 spiro atoms. The summed E-state index contributed by atoms with van der Waals surface area (Å²) in [4.78, 5) is 4.34. The first-order valence-corrected chi connectivity index (χ1v) is 4.69. The SMILES string of the molecule is NCc1nc2n(n1)C(CN)CCC2. The van der Waals surface area contributed by atoms with Crippen molar-refractivity contribution < 1.29 is 0 Å². The van der Waals surface area contributed by atoms with Crippen LogP contribution in [-0.4, -0.2) is 21.3 Å². The van der Waals surface area contributed by atoms with E-state index in [9.17, 15) is 0 Å². The van der Waals surface area contributed by atoms with Crippen molar-refractivity contribution in [3.63, 3.8) is 0 Å². The summed E-state index contributed by atoms with van der Waals surface area (Å²) in [7, 11) is 0. The number of rotatable bonds is 2. The summed E-state index contributed by atoms with van der Waals surface area (Å²) in [6.07, 6.45) is 3.27. The van der Waals surface area contributed by atoms with Gasteiger partial charge in [-0.2, -0.15) is 5.10 Å². The largest absolute Gasteiger partial charge is 0.328 e. The van der Waals surface area contributed by atoms with Crippen molar-refractivity contribution in [2.45, 2.75) is 31.8 Å². The van der Waals surface area contributed by atoms with Gasteiger partial charge in [-0.3, -0.25) is 0 Å². The maximum Gasteiger partial charge on any atom is 0.164 e. The molecular weight excluding hydrogens is 166 g/mol. The molecule has 1 atom stereocenters. The van der Waals surface area contributed by atoms with Crippen LogP contribution < -0.4 is 11.5 Å². The van der Waals surface area contributed by atoms with Gasteiger partial charge in [0.2, 0.25) is 0 Å². The molecule has 1 aliphatic rings. The minimum absolute atomic E-state index is 0.330. The fourth-order valence-corrected chi connectivity index (χ4v) is 1.79. The molecule has 0 saturated carbocycles. The van der Waals surface area contributed by atoms with E-state index in [2.05, 4.69) is 10.1 Å². The minimum atomic E-state index is 0.330. The summed E-state index contributed by atoms with van der Waals surface area (Å²) in [6, 6.07) is 0.330. The van der Waals surface area contributed by atoms with Crippen LogP contribution in [0.25, 0.3) is 0 Å². The molecule has 0 radical (unpaired) electrons. The van der Waals surface area contributed by atoms with Crippen LogP contribution in [0.2, 0.25) is 0 Å². The number of nitrogens with two attached hydrogens (primary N) is 2. The molecule has 5 nitrogen and oxygen atoms in total. The van der Waals surface area contributed by atoms with E-state index in [1.807, 2.05) is 4.68 Å². The highest BCUT2D eigenvalue weighted by Crippen LogP contribution is 2.21. The zero-order chi connectivity index (χ0) is 9.26. The lowest BCUT2D eigenvalue weighted by Gasteiger charge is -2.21. The zero-order valence-electron chi connectivity index (χ0n) is 7.61. The van der Waals surface area contributed by atoms with Gasteiger partial charge in [0.05, 0.1) is 12.6 Å². The van der Waals surface area contributed by atoms with Gasteiger partial charge in [0.15, 0.2) is 5.82 Å². The number of hydrogen-bond acceptors (Lipinski definition) is 4. The van der Waals surface area contributed by atoms with Gasteiger partial charge < -0.3 is 11.5 Å². The van der Waals surface area contributed by atoms with E-state index in [-0.39, 0.29) is 0 Å². The fraction of sp³-hybridized carbons (Fsp3) is 0.750. The van der Waals surface area contributed by atoms with Crippen molar-refractivity contribution in [2.24, 2.45) is 11.5 Å². The van der Waals surface area contributed by atoms with Gasteiger partial charge in [-0.1, -0.05) is 0 Å². The molecule has 0 aromatic carbocycles. The molecule has 0 bridgehead atoms. The lowest BCUT2D eigenvalue weighted by molar-refractivity contribution is 0.368. The van der Waals surface area contributed by atoms with Gasteiger partial charge in [-0.15, -0.1) is 0 Å². The first-order chi connectivity index (χ1) is 6.35. The number of aromatic nitrogens is 3. The van der Waals surface area contributed by atoms with Crippen LogP contribution in [0.3, 0.4) is 0 Å². The first kappa shape index (κ1) is 8.65. The van der Waals surface area contributed by atoms with Crippen LogP contribution in [0.5, 0.6) is 0 Å². The molecule has 2 rings (SSSR count). The third-order valence-electron chi connectivity index (χ3n) is 2.48. The number of fused-ring (bicyclic) bond motifs is 1. The second kappa shape index (κ2) is 3.43. The fourth-order valence-electron chi connectivity index (χ4n) is 1.79. The Hall–Kier alpha value is -0.940. The molecule has 0 amide bonds. The molecule has 0 fully saturated rings. The Morgan fingerprint density at radius 2 is 2.31 bits per heavy atom. The molecule has 0 aliphatic carbocycles. The van der Waals surface area contributed by atoms with E-state index in [4.69, 9.17) is 11.5 Å². The van der Waals surface area contributed by atoms with Crippen molar-refractivity contribution in [1.82, 2.24) is 14.8 Å². The molecule has 4 N–H and O–H groups in total. The molecule has 1 unspecified atom stereocenters. The van der Waals surface area contributed by atoms with Crippen LogP contribution in [0.4, 0.5) is 0 Å². The Bertz CT molecular complexity index is 293. The third kappa shape index (κ3) is 1.45. The summed E-state index contributed by atoms with van der Waals surface area (Å²) in [6.45, 7) is 1.05. The van der Waals surface area contributed by atoms with Crippen LogP contribution >= 0.6 is 0 Å². The van der Waals surface area contributed by atoms with Crippen molar-refractivity contribution in [3.05, 3.63) is 11.6 Å². The third-order valence-corrected chi connectivity index (χ3v) is 2.48. The van der Waals surface area contributed by atoms with Crippen molar-refractivity contribution >= 4 is 0 Å². The molecule has 1 aromatic heterocycles. The molecule has 1 aromatic rings. The second-order valence-corrected chi connectivity index (χ2v) is 3.37. The highest BCUT2D eigenvalue weighted by Gasteiger charge is 2.21. The maximum absolute atomic E-state index is 5.65. The molecular formula is C8H15N5. The smallest absolute Gasteiger partial charge is 0.164 e. The molecule has 72 valence electrons. The Labute approximate surface area is 77.1 Å². The highest BCUT2D eigenvalue weighted by molar-refractivity contribution is 4.98. The Kier molecular flexibility index (Phi) is 2.28. The lowest BCUT2D eigenvalue weighted by Crippen LogP contribution is -2.25. The number of aryl methyl sites for hydroxylation is 1. The summed E-state index contributed by atoms with van der Waals surface area (Å²) in [5, 5.41) is 4.32. The lowest BCUT2D eigenvalue weighted by atomic mass is 10.1. The van der Waals surface area contributed by atoms with Crippen LogP contribution in [-0.2, 0) is 13.0 Å². The maximum atomic E-state index is 5.65. The Morgan fingerprint density at radius 3 is 3.00 bits per heavy atom. The quantitative estimate of drug-likeness (QED) is 0.648. The van der Waals surface area contributed by atoms with Crippen LogP contribution in [0.1, 0.15) is 30.5 Å². The van der Waals surface area contributed by atoms with E-state index < -0.39 is 0 Å². The summed E-state index contributed by atoms with van der Waals surface area (Å²) in [5.41, 5.74) is 11.1. The van der Waals surface area contributed by atoms with E-state index >= 15 is 0 Å². The standard InChI is InChI=1S/C8H15N5/c9-4-6-2-1-3-8-11-7(5-10)12-13(6)8/h6H,1-5,9-10H2. The number of nitrogens with zero attached hydrogens (tertiary/aromatic N) is 3. The van der Waals surface area contributed by atoms with E-state index in [0.29, 0.717) is 19.1 Å². The molecule has 5 heteroatoms. The van der Waals surface area contributed by atoms with E-state index in [0.717, 1.165) is 30.9 Å². The van der Waals surface area contributed by atoms with Gasteiger partial charge in [0, 0.05) is 13.0 Å². The van der Waals surface area contributed by atoms with Crippen molar-refractivity contribution in [2.75, 3.05) is 6.54 Å².